The second-order valence-corrected chi connectivity index (χ2v) is 5.58. The molecule has 2 rings (SSSR count). The molecule has 19 heavy (non-hydrogen) atoms. The number of nitrogens with zero attached hydrogens (tertiary/aromatic N) is 4. The molecular formula is C14H26N4O. The Bertz CT molecular complexity index is 377. The zero-order chi connectivity index (χ0) is 13.7. The summed E-state index contributed by atoms with van der Waals surface area (Å²) < 4.78 is 2.25. The lowest BCUT2D eigenvalue weighted by Crippen LogP contribution is -2.32. The molecule has 1 aromatic rings. The van der Waals surface area contributed by atoms with E-state index in [4.69, 9.17) is 5.11 Å². The largest absolute Gasteiger partial charge is 0.395 e. The van der Waals surface area contributed by atoms with E-state index in [-0.39, 0.29) is 6.61 Å². The smallest absolute Gasteiger partial charge is 0.0951 e. The van der Waals surface area contributed by atoms with Gasteiger partial charge in [-0.25, -0.2) is 4.98 Å². The van der Waals surface area contributed by atoms with E-state index in [1.807, 2.05) is 12.5 Å². The first kappa shape index (κ1) is 14.5. The van der Waals surface area contributed by atoms with Crippen molar-refractivity contribution in [3.63, 3.8) is 0 Å². The summed E-state index contributed by atoms with van der Waals surface area (Å²) in [6.07, 6.45) is 5.09. The number of imidazole rings is 1. The molecule has 5 heteroatoms. The van der Waals surface area contributed by atoms with Crippen LogP contribution in [-0.2, 0) is 6.54 Å². The summed E-state index contributed by atoms with van der Waals surface area (Å²) in [6.45, 7) is 10.8. The summed E-state index contributed by atoms with van der Waals surface area (Å²) >= 11 is 0. The van der Waals surface area contributed by atoms with Crippen LogP contribution < -0.4 is 0 Å². The number of aliphatic hydroxyl groups excluding tert-OH is 1. The van der Waals surface area contributed by atoms with Crippen LogP contribution in [0.5, 0.6) is 0 Å². The lowest BCUT2D eigenvalue weighted by Gasteiger charge is -2.22. The molecule has 0 radical (unpaired) electrons. The van der Waals surface area contributed by atoms with Gasteiger partial charge in [0.25, 0.3) is 0 Å². The van der Waals surface area contributed by atoms with Crippen LogP contribution >= 0.6 is 0 Å². The predicted octanol–water partition coefficient (Wildman–Crippen LogP) is 0.964. The monoisotopic (exact) mass is 266 g/mol. The third-order valence-electron chi connectivity index (χ3n) is 3.79. The number of β-amino-alcohol motifs (C(OH)–C–C–N with tert-alkyl or cyclic N) is 1. The second kappa shape index (κ2) is 7.03. The van der Waals surface area contributed by atoms with Crippen molar-refractivity contribution >= 4 is 0 Å². The van der Waals surface area contributed by atoms with Crippen molar-refractivity contribution in [2.24, 2.45) is 0 Å². The molecule has 2 heterocycles. The number of hydrogen-bond donors (Lipinski definition) is 1. The fourth-order valence-electron chi connectivity index (χ4n) is 2.70. The van der Waals surface area contributed by atoms with Gasteiger partial charge in [-0.2, -0.15) is 0 Å². The predicted molar refractivity (Wildman–Crippen MR) is 76.0 cm³/mol. The minimum atomic E-state index is 0.264. The lowest BCUT2D eigenvalue weighted by atomic mass is 10.3. The SMILES string of the molecule is CC(C)n1cncc1CN1CCCN(CCO)CC1. The van der Waals surface area contributed by atoms with Crippen molar-refractivity contribution < 1.29 is 5.11 Å². The zero-order valence-corrected chi connectivity index (χ0v) is 12.1. The molecule has 0 saturated carbocycles. The average molecular weight is 266 g/mol. The molecule has 1 fully saturated rings. The van der Waals surface area contributed by atoms with Gasteiger partial charge in [0.1, 0.15) is 0 Å². The molecule has 0 spiro atoms. The summed E-state index contributed by atoms with van der Waals surface area (Å²) in [5.41, 5.74) is 1.30. The van der Waals surface area contributed by atoms with E-state index in [2.05, 4.69) is 33.2 Å². The van der Waals surface area contributed by atoms with E-state index in [0.717, 1.165) is 39.3 Å². The maximum absolute atomic E-state index is 9.01. The Morgan fingerprint density at radius 3 is 2.68 bits per heavy atom. The van der Waals surface area contributed by atoms with Crippen LogP contribution in [0.25, 0.3) is 0 Å². The molecule has 108 valence electrons. The van der Waals surface area contributed by atoms with Gasteiger partial charge in [0.2, 0.25) is 0 Å². The number of aromatic nitrogens is 2. The average Bonchev–Trinajstić information content (AvgIpc) is 2.72. The molecule has 0 bridgehead atoms. The molecule has 0 unspecified atom stereocenters. The van der Waals surface area contributed by atoms with Gasteiger partial charge >= 0.3 is 0 Å². The fourth-order valence-corrected chi connectivity index (χ4v) is 2.70. The van der Waals surface area contributed by atoms with Crippen molar-refractivity contribution in [2.75, 3.05) is 39.3 Å². The molecule has 0 aliphatic carbocycles. The molecule has 1 aromatic heterocycles. The number of aliphatic hydroxyl groups is 1. The Balaban J connectivity index is 1.90. The minimum absolute atomic E-state index is 0.264. The minimum Gasteiger partial charge on any atom is -0.395 e. The van der Waals surface area contributed by atoms with Crippen molar-refractivity contribution in [3.05, 3.63) is 18.2 Å². The highest BCUT2D eigenvalue weighted by Gasteiger charge is 2.16. The van der Waals surface area contributed by atoms with Crippen LogP contribution in [0.2, 0.25) is 0 Å². The summed E-state index contributed by atoms with van der Waals surface area (Å²) in [6, 6.07) is 0.468. The van der Waals surface area contributed by atoms with Crippen LogP contribution in [0, 0.1) is 0 Å². The van der Waals surface area contributed by atoms with Gasteiger partial charge in [0.05, 0.1) is 18.6 Å². The third kappa shape index (κ3) is 4.03. The number of rotatable bonds is 5. The Morgan fingerprint density at radius 2 is 1.95 bits per heavy atom. The van der Waals surface area contributed by atoms with Crippen LogP contribution in [-0.4, -0.2) is 63.8 Å². The maximum Gasteiger partial charge on any atom is 0.0951 e. The summed E-state index contributed by atoms with van der Waals surface area (Å²) in [5, 5.41) is 9.01. The highest BCUT2D eigenvalue weighted by molar-refractivity contribution is 5.00. The van der Waals surface area contributed by atoms with E-state index < -0.39 is 0 Å². The molecule has 5 nitrogen and oxygen atoms in total. The van der Waals surface area contributed by atoms with E-state index in [9.17, 15) is 0 Å². The number of hydrogen-bond acceptors (Lipinski definition) is 4. The highest BCUT2D eigenvalue weighted by Crippen LogP contribution is 2.13. The molecule has 1 N–H and O–H groups in total. The van der Waals surface area contributed by atoms with Crippen molar-refractivity contribution in [1.82, 2.24) is 19.4 Å². The molecule has 0 amide bonds. The molecule has 1 saturated heterocycles. The van der Waals surface area contributed by atoms with Gasteiger partial charge in [0.15, 0.2) is 0 Å². The Kier molecular flexibility index (Phi) is 5.36. The fraction of sp³-hybridized carbons (Fsp3) is 0.786. The van der Waals surface area contributed by atoms with Crippen LogP contribution in [0.15, 0.2) is 12.5 Å². The van der Waals surface area contributed by atoms with Crippen LogP contribution in [0.4, 0.5) is 0 Å². The van der Waals surface area contributed by atoms with E-state index in [1.54, 1.807) is 0 Å². The van der Waals surface area contributed by atoms with Gasteiger partial charge in [0, 0.05) is 38.4 Å². The van der Waals surface area contributed by atoms with Gasteiger partial charge in [-0.1, -0.05) is 0 Å². The topological polar surface area (TPSA) is 44.5 Å². The maximum atomic E-state index is 9.01. The van der Waals surface area contributed by atoms with E-state index in [0.29, 0.717) is 6.04 Å². The first-order chi connectivity index (χ1) is 9.20. The van der Waals surface area contributed by atoms with Crippen molar-refractivity contribution in [3.8, 4) is 0 Å². The first-order valence-corrected chi connectivity index (χ1v) is 7.27. The van der Waals surface area contributed by atoms with E-state index >= 15 is 0 Å². The van der Waals surface area contributed by atoms with Crippen LogP contribution in [0.1, 0.15) is 32.0 Å². The van der Waals surface area contributed by atoms with Crippen LogP contribution in [0.3, 0.4) is 0 Å². The second-order valence-electron chi connectivity index (χ2n) is 5.58. The lowest BCUT2D eigenvalue weighted by molar-refractivity contribution is 0.195. The van der Waals surface area contributed by atoms with Crippen molar-refractivity contribution in [2.45, 2.75) is 32.9 Å². The molecule has 0 atom stereocenters. The standard InChI is InChI=1S/C14H26N4O/c1-13(2)18-12-15-10-14(18)11-17-5-3-4-16(6-7-17)8-9-19/h10,12-13,19H,3-9,11H2,1-2H3. The zero-order valence-electron chi connectivity index (χ0n) is 12.1. The van der Waals surface area contributed by atoms with E-state index in [1.165, 1.54) is 12.1 Å². The highest BCUT2D eigenvalue weighted by atomic mass is 16.3. The van der Waals surface area contributed by atoms with Gasteiger partial charge in [-0.15, -0.1) is 0 Å². The Labute approximate surface area is 115 Å². The van der Waals surface area contributed by atoms with Gasteiger partial charge in [-0.05, 0) is 33.4 Å². The summed E-state index contributed by atoms with van der Waals surface area (Å²) in [5.74, 6) is 0. The van der Waals surface area contributed by atoms with Crippen molar-refractivity contribution in [1.29, 1.82) is 0 Å². The summed E-state index contributed by atoms with van der Waals surface area (Å²) in [7, 11) is 0. The Morgan fingerprint density at radius 1 is 1.21 bits per heavy atom. The first-order valence-electron chi connectivity index (χ1n) is 7.27. The molecule has 1 aliphatic rings. The quantitative estimate of drug-likeness (QED) is 0.862. The Hall–Kier alpha value is -0.910. The molecule has 0 aromatic carbocycles. The molecular weight excluding hydrogens is 240 g/mol. The van der Waals surface area contributed by atoms with Gasteiger partial charge < -0.3 is 9.67 Å². The normalized spacial score (nSPS) is 18.9. The third-order valence-corrected chi connectivity index (χ3v) is 3.79. The van der Waals surface area contributed by atoms with Gasteiger partial charge in [-0.3, -0.25) is 9.80 Å². The summed E-state index contributed by atoms with van der Waals surface area (Å²) in [4.78, 5) is 9.11. The molecule has 1 aliphatic heterocycles.